The van der Waals surface area contributed by atoms with Gasteiger partial charge in [-0.2, -0.15) is 0 Å². The van der Waals surface area contributed by atoms with E-state index in [1.165, 1.54) is 12.1 Å². The van der Waals surface area contributed by atoms with Crippen molar-refractivity contribution in [2.45, 2.75) is 4.83 Å². The number of halogens is 1. The van der Waals surface area contributed by atoms with Crippen LogP contribution in [0.3, 0.4) is 0 Å². The zero-order valence-electron chi connectivity index (χ0n) is 8.81. The third-order valence-corrected chi connectivity index (χ3v) is 3.45. The molecule has 0 aliphatic heterocycles. The molecule has 0 saturated carbocycles. The number of carbonyl (C=O) groups is 2. The molecular weight excluding hydrogens is 284 g/mol. The molecule has 2 rings (SSSR count). The number of Topliss-reactive ketones (excluding diaryl/α,β-unsaturated/α-hetero) is 2. The van der Waals surface area contributed by atoms with Crippen molar-refractivity contribution in [3.8, 4) is 0 Å². The number of benzene rings is 1. The van der Waals surface area contributed by atoms with Gasteiger partial charge in [0.25, 0.3) is 0 Å². The van der Waals surface area contributed by atoms with Crippen molar-refractivity contribution in [2.75, 3.05) is 0 Å². The molecule has 0 saturated heterocycles. The van der Waals surface area contributed by atoms with Crippen LogP contribution < -0.4 is 0 Å². The summed E-state index contributed by atoms with van der Waals surface area (Å²) in [5, 5.41) is 10.0. The van der Waals surface area contributed by atoms with Gasteiger partial charge in [-0.3, -0.25) is 9.59 Å². The van der Waals surface area contributed by atoms with Crippen LogP contribution in [0.25, 0.3) is 5.76 Å². The largest absolute Gasteiger partial charge is 0.507 e. The summed E-state index contributed by atoms with van der Waals surface area (Å²) in [6, 6.07) is 6.49. The number of ketones is 2. The first-order chi connectivity index (χ1) is 8.07. The minimum atomic E-state index is -0.692. The Balaban J connectivity index is 2.72. The Kier molecular flexibility index (Phi) is 2.98. The molecule has 4 heteroatoms. The number of fused-ring (bicyclic) bond motifs is 1. The van der Waals surface area contributed by atoms with E-state index in [9.17, 15) is 14.7 Å². The van der Waals surface area contributed by atoms with Gasteiger partial charge in [0.2, 0.25) is 11.6 Å². The van der Waals surface area contributed by atoms with Crippen molar-refractivity contribution in [2.24, 2.45) is 0 Å². The van der Waals surface area contributed by atoms with E-state index in [0.717, 1.165) is 0 Å². The minimum absolute atomic E-state index is 0.0451. The maximum Gasteiger partial charge on any atom is 0.234 e. The van der Waals surface area contributed by atoms with E-state index in [2.05, 4.69) is 22.5 Å². The Morgan fingerprint density at radius 3 is 2.35 bits per heavy atom. The quantitative estimate of drug-likeness (QED) is 0.518. The minimum Gasteiger partial charge on any atom is -0.507 e. The summed E-state index contributed by atoms with van der Waals surface area (Å²) in [6.07, 6.45) is 1.45. The average molecular weight is 293 g/mol. The number of carbonyl (C=O) groups excluding carboxylic acids is 2. The molecule has 3 nitrogen and oxygen atoms in total. The van der Waals surface area contributed by atoms with Crippen LogP contribution >= 0.6 is 15.9 Å². The third kappa shape index (κ3) is 1.74. The zero-order valence-corrected chi connectivity index (χ0v) is 10.4. The van der Waals surface area contributed by atoms with E-state index < -0.39 is 16.4 Å². The lowest BCUT2D eigenvalue weighted by Gasteiger charge is -2.19. The molecule has 1 atom stereocenters. The maximum absolute atomic E-state index is 11.9. The number of alkyl halides is 1. The summed E-state index contributed by atoms with van der Waals surface area (Å²) in [7, 11) is 0. The van der Waals surface area contributed by atoms with Crippen molar-refractivity contribution >= 4 is 33.3 Å². The Morgan fingerprint density at radius 1 is 1.18 bits per heavy atom. The second-order valence-corrected chi connectivity index (χ2v) is 4.59. The highest BCUT2D eigenvalue weighted by Crippen LogP contribution is 2.31. The molecule has 0 spiro atoms. The van der Waals surface area contributed by atoms with Gasteiger partial charge in [-0.1, -0.05) is 46.3 Å². The van der Waals surface area contributed by atoms with E-state index >= 15 is 0 Å². The Morgan fingerprint density at radius 2 is 1.76 bits per heavy atom. The fraction of sp³-hybridized carbons (Fsp3) is 0.0769. The molecular formula is C13H9BrO3. The van der Waals surface area contributed by atoms with Crippen LogP contribution in [0.5, 0.6) is 0 Å². The van der Waals surface area contributed by atoms with Crippen LogP contribution in [0.15, 0.2) is 42.5 Å². The lowest BCUT2D eigenvalue weighted by Crippen LogP contribution is -2.27. The molecule has 0 bridgehead atoms. The number of rotatable bonds is 2. The van der Waals surface area contributed by atoms with Gasteiger partial charge in [0, 0.05) is 11.1 Å². The smallest absolute Gasteiger partial charge is 0.234 e. The van der Waals surface area contributed by atoms with E-state index in [4.69, 9.17) is 0 Å². The zero-order chi connectivity index (χ0) is 12.6. The molecule has 1 unspecified atom stereocenters. The first-order valence-corrected chi connectivity index (χ1v) is 5.87. The van der Waals surface area contributed by atoms with Gasteiger partial charge >= 0.3 is 0 Å². The molecule has 0 amide bonds. The highest BCUT2D eigenvalue weighted by Gasteiger charge is 2.34. The summed E-state index contributed by atoms with van der Waals surface area (Å²) in [5.41, 5.74) is 0.671. The molecule has 17 heavy (non-hydrogen) atoms. The first kappa shape index (κ1) is 11.8. The van der Waals surface area contributed by atoms with Crippen molar-refractivity contribution in [3.63, 3.8) is 0 Å². The van der Waals surface area contributed by atoms with Crippen molar-refractivity contribution in [3.05, 3.63) is 53.6 Å². The molecule has 1 aliphatic rings. The SMILES string of the molecule is C=CC(Br)C1=C(O)c2ccccc2C(=O)C1=O. The van der Waals surface area contributed by atoms with Crippen LogP contribution in [-0.4, -0.2) is 21.5 Å². The van der Waals surface area contributed by atoms with E-state index in [0.29, 0.717) is 5.56 Å². The second-order valence-electron chi connectivity index (χ2n) is 3.60. The standard InChI is InChI=1S/C13H9BrO3/c1-2-9(14)10-11(15)7-5-3-4-6-8(7)12(16)13(10)17/h2-6,9,15H,1H2. The van der Waals surface area contributed by atoms with Gasteiger partial charge in [0.1, 0.15) is 5.76 Å². The molecule has 0 fully saturated rings. The summed E-state index contributed by atoms with van der Waals surface area (Å²) < 4.78 is 0. The molecule has 0 heterocycles. The fourth-order valence-corrected chi connectivity index (χ4v) is 2.18. The van der Waals surface area contributed by atoms with Crippen LogP contribution in [0.4, 0.5) is 0 Å². The summed E-state index contributed by atoms with van der Waals surface area (Å²) in [4.78, 5) is 23.2. The van der Waals surface area contributed by atoms with Crippen LogP contribution in [-0.2, 0) is 4.79 Å². The van der Waals surface area contributed by atoms with Gasteiger partial charge < -0.3 is 5.11 Å². The summed E-state index contributed by atoms with van der Waals surface area (Å²) >= 11 is 3.19. The van der Waals surface area contributed by atoms with Gasteiger partial charge in [0.15, 0.2) is 0 Å². The van der Waals surface area contributed by atoms with E-state index in [1.54, 1.807) is 18.2 Å². The fourth-order valence-electron chi connectivity index (χ4n) is 1.76. The van der Waals surface area contributed by atoms with Crippen LogP contribution in [0, 0.1) is 0 Å². The van der Waals surface area contributed by atoms with Gasteiger partial charge in [0.05, 0.1) is 10.4 Å². The van der Waals surface area contributed by atoms with Crippen LogP contribution in [0.2, 0.25) is 0 Å². The normalized spacial score (nSPS) is 16.8. The molecule has 0 radical (unpaired) electrons. The Labute approximate surface area is 107 Å². The number of allylic oxidation sites excluding steroid dienone is 2. The van der Waals surface area contributed by atoms with E-state index in [-0.39, 0.29) is 16.9 Å². The summed E-state index contributed by atoms with van der Waals surface area (Å²) in [6.45, 7) is 3.53. The molecule has 86 valence electrons. The molecule has 1 aromatic rings. The lowest BCUT2D eigenvalue weighted by atomic mass is 9.87. The van der Waals surface area contributed by atoms with Gasteiger partial charge in [-0.15, -0.1) is 6.58 Å². The summed E-state index contributed by atoms with van der Waals surface area (Å²) in [5.74, 6) is -1.45. The van der Waals surface area contributed by atoms with Crippen molar-refractivity contribution < 1.29 is 14.7 Å². The average Bonchev–Trinajstić information content (AvgIpc) is 2.36. The Hall–Kier alpha value is -1.68. The van der Waals surface area contributed by atoms with Crippen molar-refractivity contribution in [1.82, 2.24) is 0 Å². The highest BCUT2D eigenvalue weighted by atomic mass is 79.9. The molecule has 0 aromatic heterocycles. The molecule has 1 aliphatic carbocycles. The number of aliphatic hydroxyl groups excluding tert-OH is 1. The van der Waals surface area contributed by atoms with Crippen LogP contribution in [0.1, 0.15) is 15.9 Å². The maximum atomic E-state index is 11.9. The predicted octanol–water partition coefficient (Wildman–Crippen LogP) is 2.67. The number of hydrogen-bond donors (Lipinski definition) is 1. The predicted molar refractivity (Wildman–Crippen MR) is 68.2 cm³/mol. The van der Waals surface area contributed by atoms with E-state index in [1.807, 2.05) is 0 Å². The number of aliphatic hydroxyl groups is 1. The Bertz CT molecular complexity index is 558. The third-order valence-electron chi connectivity index (χ3n) is 2.62. The van der Waals surface area contributed by atoms with Gasteiger partial charge in [-0.05, 0) is 0 Å². The molecule has 1 N–H and O–H groups in total. The van der Waals surface area contributed by atoms with Gasteiger partial charge in [-0.25, -0.2) is 0 Å². The lowest BCUT2D eigenvalue weighted by molar-refractivity contribution is -0.112. The topological polar surface area (TPSA) is 54.4 Å². The monoisotopic (exact) mass is 292 g/mol. The second kappa shape index (κ2) is 4.30. The first-order valence-electron chi connectivity index (χ1n) is 4.96. The molecule has 1 aromatic carbocycles. The highest BCUT2D eigenvalue weighted by molar-refractivity contribution is 9.09. The number of hydrogen-bond acceptors (Lipinski definition) is 3. The van der Waals surface area contributed by atoms with Crippen molar-refractivity contribution in [1.29, 1.82) is 0 Å².